The maximum Gasteiger partial charge on any atom is 0.0547 e. The van der Waals surface area contributed by atoms with Gasteiger partial charge in [-0.1, -0.05) is 0 Å². The molecule has 2 aliphatic heterocycles. The Bertz CT molecular complexity index is 271. The molecule has 0 spiro atoms. The summed E-state index contributed by atoms with van der Waals surface area (Å²) in [6, 6.07) is 1.61. The van der Waals surface area contributed by atoms with Crippen molar-refractivity contribution < 1.29 is 4.74 Å². The predicted octanol–water partition coefficient (Wildman–Crippen LogP) is 1.58. The quantitative estimate of drug-likeness (QED) is 0.792. The normalized spacial score (nSPS) is 36.7. The monoisotopic (exact) mass is 270 g/mol. The van der Waals surface area contributed by atoms with Crippen LogP contribution in [0.5, 0.6) is 0 Å². The van der Waals surface area contributed by atoms with E-state index >= 15 is 0 Å². The molecule has 0 radical (unpaired) electrons. The van der Waals surface area contributed by atoms with Crippen LogP contribution in [0.1, 0.15) is 25.7 Å². The van der Waals surface area contributed by atoms with Gasteiger partial charge in [-0.15, -0.1) is 0 Å². The van der Waals surface area contributed by atoms with Crippen LogP contribution in [0.4, 0.5) is 0 Å². The first kappa shape index (κ1) is 13.2. The lowest BCUT2D eigenvalue weighted by molar-refractivity contribution is 0.105. The summed E-state index contributed by atoms with van der Waals surface area (Å²) in [6.45, 7) is 4.27. The SMILES string of the molecule is CN(CC1(CNC2CC2)CCOC1)C1CCSC1. The van der Waals surface area contributed by atoms with E-state index in [1.165, 1.54) is 43.7 Å². The third kappa shape index (κ3) is 3.21. The zero-order valence-electron chi connectivity index (χ0n) is 11.5. The molecule has 0 amide bonds. The Morgan fingerprint density at radius 2 is 2.28 bits per heavy atom. The lowest BCUT2D eigenvalue weighted by Crippen LogP contribution is -2.47. The smallest absolute Gasteiger partial charge is 0.0547 e. The summed E-state index contributed by atoms with van der Waals surface area (Å²) < 4.78 is 5.70. The summed E-state index contributed by atoms with van der Waals surface area (Å²) in [7, 11) is 2.31. The first-order valence-corrected chi connectivity index (χ1v) is 8.52. The zero-order valence-corrected chi connectivity index (χ0v) is 12.3. The van der Waals surface area contributed by atoms with Crippen LogP contribution >= 0.6 is 11.8 Å². The van der Waals surface area contributed by atoms with Gasteiger partial charge in [0.25, 0.3) is 0 Å². The van der Waals surface area contributed by atoms with E-state index in [2.05, 4.69) is 29.0 Å². The summed E-state index contributed by atoms with van der Waals surface area (Å²) in [5.41, 5.74) is 0.380. The average molecular weight is 270 g/mol. The lowest BCUT2D eigenvalue weighted by Gasteiger charge is -2.35. The van der Waals surface area contributed by atoms with Gasteiger partial charge in [0.05, 0.1) is 6.61 Å². The molecule has 1 aliphatic carbocycles. The van der Waals surface area contributed by atoms with Crippen LogP contribution in [0.15, 0.2) is 0 Å². The van der Waals surface area contributed by atoms with E-state index in [0.717, 1.165) is 31.8 Å². The molecule has 0 aromatic rings. The number of thioether (sulfide) groups is 1. The Labute approximate surface area is 115 Å². The van der Waals surface area contributed by atoms with Gasteiger partial charge in [0.15, 0.2) is 0 Å². The van der Waals surface area contributed by atoms with Gasteiger partial charge in [0, 0.05) is 42.9 Å². The van der Waals surface area contributed by atoms with Crippen LogP contribution in [0.2, 0.25) is 0 Å². The van der Waals surface area contributed by atoms with Gasteiger partial charge in [-0.2, -0.15) is 11.8 Å². The molecular formula is C14H26N2OS. The summed E-state index contributed by atoms with van der Waals surface area (Å²) in [5.74, 6) is 2.67. The molecule has 0 aromatic heterocycles. The van der Waals surface area contributed by atoms with E-state index < -0.39 is 0 Å². The number of hydrogen-bond acceptors (Lipinski definition) is 4. The Morgan fingerprint density at radius 1 is 1.39 bits per heavy atom. The van der Waals surface area contributed by atoms with Crippen molar-refractivity contribution in [2.24, 2.45) is 5.41 Å². The van der Waals surface area contributed by atoms with Crippen molar-refractivity contribution in [2.45, 2.75) is 37.8 Å². The van der Waals surface area contributed by atoms with Crippen molar-refractivity contribution in [1.29, 1.82) is 0 Å². The minimum atomic E-state index is 0.380. The van der Waals surface area contributed by atoms with Crippen LogP contribution < -0.4 is 5.32 Å². The molecule has 2 saturated heterocycles. The van der Waals surface area contributed by atoms with E-state index in [4.69, 9.17) is 4.74 Å². The summed E-state index contributed by atoms with van der Waals surface area (Å²) >= 11 is 2.11. The van der Waals surface area contributed by atoms with Crippen molar-refractivity contribution in [3.63, 3.8) is 0 Å². The second-order valence-electron chi connectivity index (χ2n) is 6.39. The van der Waals surface area contributed by atoms with E-state index in [0.29, 0.717) is 5.41 Å². The highest BCUT2D eigenvalue weighted by atomic mass is 32.2. The maximum atomic E-state index is 5.70. The second kappa shape index (κ2) is 5.70. The molecule has 3 rings (SSSR count). The molecule has 0 bridgehead atoms. The summed E-state index contributed by atoms with van der Waals surface area (Å²) in [5, 5.41) is 3.72. The van der Waals surface area contributed by atoms with Gasteiger partial charge in [-0.3, -0.25) is 0 Å². The highest BCUT2D eigenvalue weighted by Crippen LogP contribution is 2.32. The number of nitrogens with zero attached hydrogens (tertiary/aromatic N) is 1. The Morgan fingerprint density at radius 3 is 2.89 bits per heavy atom. The molecule has 2 unspecified atom stereocenters. The van der Waals surface area contributed by atoms with Crippen molar-refractivity contribution in [3.05, 3.63) is 0 Å². The van der Waals surface area contributed by atoms with Crippen molar-refractivity contribution >= 4 is 11.8 Å². The van der Waals surface area contributed by atoms with Gasteiger partial charge in [0.2, 0.25) is 0 Å². The Balaban J connectivity index is 1.54. The van der Waals surface area contributed by atoms with E-state index in [1.54, 1.807) is 0 Å². The fourth-order valence-electron chi connectivity index (χ4n) is 3.15. The Kier molecular flexibility index (Phi) is 4.18. The standard InChI is InChI=1S/C14H26N2OS/c1-16(13-4-7-18-8-13)10-14(5-6-17-11-14)9-15-12-2-3-12/h12-13,15H,2-11H2,1H3. The van der Waals surface area contributed by atoms with Gasteiger partial charge >= 0.3 is 0 Å². The number of nitrogens with one attached hydrogen (secondary N) is 1. The number of ether oxygens (including phenoxy) is 1. The van der Waals surface area contributed by atoms with Gasteiger partial charge < -0.3 is 15.0 Å². The number of hydrogen-bond donors (Lipinski definition) is 1. The van der Waals surface area contributed by atoms with Crippen LogP contribution in [0, 0.1) is 5.41 Å². The molecule has 4 heteroatoms. The van der Waals surface area contributed by atoms with Crippen molar-refractivity contribution in [3.8, 4) is 0 Å². The third-order valence-electron chi connectivity index (χ3n) is 4.64. The van der Waals surface area contributed by atoms with Crippen LogP contribution in [-0.4, -0.2) is 61.8 Å². The van der Waals surface area contributed by atoms with Crippen LogP contribution in [-0.2, 0) is 4.74 Å². The molecule has 18 heavy (non-hydrogen) atoms. The molecule has 3 fully saturated rings. The molecule has 104 valence electrons. The first-order valence-electron chi connectivity index (χ1n) is 7.37. The minimum absolute atomic E-state index is 0.380. The first-order chi connectivity index (χ1) is 8.77. The Hall–Kier alpha value is 0.230. The third-order valence-corrected chi connectivity index (χ3v) is 5.79. The zero-order chi connectivity index (χ0) is 12.4. The van der Waals surface area contributed by atoms with Gasteiger partial charge in [-0.05, 0) is 38.5 Å². The lowest BCUT2D eigenvalue weighted by atomic mass is 9.86. The van der Waals surface area contributed by atoms with E-state index in [1.807, 2.05) is 0 Å². The molecule has 1 N–H and O–H groups in total. The second-order valence-corrected chi connectivity index (χ2v) is 7.54. The summed E-state index contributed by atoms with van der Waals surface area (Å²) in [6.07, 6.45) is 5.36. The van der Waals surface area contributed by atoms with Crippen molar-refractivity contribution in [2.75, 3.05) is 44.9 Å². The summed E-state index contributed by atoms with van der Waals surface area (Å²) in [4.78, 5) is 2.60. The molecule has 3 nitrogen and oxygen atoms in total. The van der Waals surface area contributed by atoms with Crippen LogP contribution in [0.25, 0.3) is 0 Å². The van der Waals surface area contributed by atoms with E-state index in [9.17, 15) is 0 Å². The molecular weight excluding hydrogens is 244 g/mol. The molecule has 2 atom stereocenters. The number of rotatable bonds is 6. The highest BCUT2D eigenvalue weighted by molar-refractivity contribution is 7.99. The molecule has 1 saturated carbocycles. The van der Waals surface area contributed by atoms with Gasteiger partial charge in [0.1, 0.15) is 0 Å². The fraction of sp³-hybridized carbons (Fsp3) is 1.00. The highest BCUT2D eigenvalue weighted by Gasteiger charge is 2.38. The van der Waals surface area contributed by atoms with E-state index in [-0.39, 0.29) is 0 Å². The van der Waals surface area contributed by atoms with Crippen molar-refractivity contribution in [1.82, 2.24) is 10.2 Å². The topological polar surface area (TPSA) is 24.5 Å². The predicted molar refractivity (Wildman–Crippen MR) is 77.3 cm³/mol. The largest absolute Gasteiger partial charge is 0.381 e. The van der Waals surface area contributed by atoms with Crippen LogP contribution in [0.3, 0.4) is 0 Å². The van der Waals surface area contributed by atoms with Gasteiger partial charge in [-0.25, -0.2) is 0 Å². The molecule has 3 aliphatic rings. The maximum absolute atomic E-state index is 5.70. The fourth-order valence-corrected chi connectivity index (χ4v) is 4.44. The average Bonchev–Trinajstić information content (AvgIpc) is 2.87. The minimum Gasteiger partial charge on any atom is -0.381 e. The molecule has 2 heterocycles. The molecule has 0 aromatic carbocycles.